The fourth-order valence-electron chi connectivity index (χ4n) is 1.03. The molecule has 1 rings (SSSR count). The normalized spacial score (nSPS) is 11.4. The zero-order valence-corrected chi connectivity index (χ0v) is 6.76. The number of aromatic carboxylic acids is 1. The van der Waals surface area contributed by atoms with Crippen LogP contribution in [0, 0.1) is 0 Å². The Hall–Kier alpha value is -1.72. The van der Waals surface area contributed by atoms with Crippen molar-refractivity contribution in [1.82, 2.24) is 0 Å². The van der Waals surface area contributed by atoms with Crippen molar-refractivity contribution in [3.63, 3.8) is 0 Å². The molecule has 0 fully saturated rings. The van der Waals surface area contributed by atoms with E-state index in [1.807, 2.05) is 0 Å². The number of hydrogen-bond acceptors (Lipinski definition) is 3. The van der Waals surface area contributed by atoms with Crippen LogP contribution in [0.5, 0.6) is 0 Å². The highest BCUT2D eigenvalue weighted by atomic mass is 19.4. The third-order valence-electron chi connectivity index (χ3n) is 1.61. The Morgan fingerprint density at radius 1 is 1.36 bits per heavy atom. The molecule has 0 spiro atoms. The number of carboxylic acids is 1. The van der Waals surface area contributed by atoms with E-state index >= 15 is 0 Å². The van der Waals surface area contributed by atoms with Crippen molar-refractivity contribution < 1.29 is 23.1 Å². The topological polar surface area (TPSA) is 66.2 Å². The van der Waals surface area contributed by atoms with Crippen LogP contribution in [-0.4, -0.2) is 5.97 Å². The molecule has 0 unspecified atom stereocenters. The van der Waals surface area contributed by atoms with E-state index in [1.165, 1.54) is 0 Å². The van der Waals surface area contributed by atoms with Crippen molar-refractivity contribution in [2.45, 2.75) is 6.18 Å². The Bertz CT molecular complexity index is 373. The molecule has 0 radical (unpaired) electrons. The molecule has 0 aliphatic carbocycles. The summed E-state index contributed by atoms with van der Waals surface area (Å²) < 4.78 is 36.7. The molecule has 0 saturated heterocycles. The first-order valence-electron chi connectivity index (χ1n) is 3.51. The second kappa shape index (κ2) is 3.21. The van der Waals surface area contributed by atoms with Crippen LogP contribution in [-0.2, 0) is 6.18 Å². The molecule has 0 aliphatic heterocycles. The highest BCUT2D eigenvalue weighted by Gasteiger charge is 2.34. The number of carbonyl (C=O) groups is 1. The summed E-state index contributed by atoms with van der Waals surface area (Å²) in [7, 11) is 0. The van der Waals surface area contributed by atoms with Crippen molar-refractivity contribution in [3.05, 3.63) is 29.3 Å². The fraction of sp³-hybridized carbons (Fsp3) is 0.125. The summed E-state index contributed by atoms with van der Waals surface area (Å²) in [4.78, 5) is 10.4. The smallest absolute Gasteiger partial charge is 0.417 e. The van der Waals surface area contributed by atoms with Gasteiger partial charge in [0.15, 0.2) is 0 Å². The lowest BCUT2D eigenvalue weighted by atomic mass is 10.1. The first kappa shape index (κ1) is 10.4. The van der Waals surface area contributed by atoms with E-state index in [4.69, 9.17) is 5.73 Å². The van der Waals surface area contributed by atoms with Gasteiger partial charge in [-0.25, -0.2) is 0 Å². The summed E-state index contributed by atoms with van der Waals surface area (Å²) in [6.45, 7) is 0. The first-order chi connectivity index (χ1) is 6.34. The molecule has 0 aromatic heterocycles. The highest BCUT2D eigenvalue weighted by Crippen LogP contribution is 2.33. The maximum atomic E-state index is 12.2. The Balaban J connectivity index is 3.44. The zero-order chi connectivity index (χ0) is 10.9. The van der Waals surface area contributed by atoms with Crippen LogP contribution in [0.3, 0.4) is 0 Å². The van der Waals surface area contributed by atoms with Gasteiger partial charge in [0.1, 0.15) is 0 Å². The maximum absolute atomic E-state index is 12.2. The summed E-state index contributed by atoms with van der Waals surface area (Å²) in [5, 5.41) is 10.4. The molecule has 0 amide bonds. The first-order valence-corrected chi connectivity index (χ1v) is 3.51. The number of rotatable bonds is 1. The van der Waals surface area contributed by atoms with Crippen molar-refractivity contribution in [1.29, 1.82) is 0 Å². The molecule has 0 aliphatic rings. The molecule has 76 valence electrons. The van der Waals surface area contributed by atoms with Gasteiger partial charge in [-0.15, -0.1) is 0 Å². The SMILES string of the molecule is Nc1cccc(C(F)(F)F)c1C(=O)[O-]. The van der Waals surface area contributed by atoms with Crippen molar-refractivity contribution >= 4 is 11.7 Å². The van der Waals surface area contributed by atoms with Gasteiger partial charge in [0.2, 0.25) is 0 Å². The predicted molar refractivity (Wildman–Crippen MR) is 40.2 cm³/mol. The number of halogens is 3. The van der Waals surface area contributed by atoms with Gasteiger partial charge in [0.25, 0.3) is 0 Å². The Labute approximate surface area is 77.0 Å². The van der Waals surface area contributed by atoms with E-state index in [0.29, 0.717) is 6.07 Å². The largest absolute Gasteiger partial charge is 0.545 e. The number of carboxylic acid groups (broad SMARTS) is 1. The Kier molecular flexibility index (Phi) is 2.37. The average molecular weight is 204 g/mol. The van der Waals surface area contributed by atoms with Crippen molar-refractivity contribution in [2.75, 3.05) is 5.73 Å². The van der Waals surface area contributed by atoms with E-state index in [-0.39, 0.29) is 0 Å². The molecule has 3 nitrogen and oxygen atoms in total. The van der Waals surface area contributed by atoms with E-state index in [1.54, 1.807) is 0 Å². The monoisotopic (exact) mass is 204 g/mol. The average Bonchev–Trinajstić information content (AvgIpc) is 2.01. The molecule has 0 bridgehead atoms. The second-order valence-electron chi connectivity index (χ2n) is 2.56. The Morgan fingerprint density at radius 2 is 1.93 bits per heavy atom. The maximum Gasteiger partial charge on any atom is 0.417 e. The van der Waals surface area contributed by atoms with E-state index in [9.17, 15) is 23.1 Å². The number of anilines is 1. The van der Waals surface area contributed by atoms with E-state index in [0.717, 1.165) is 12.1 Å². The molecular formula is C8H5F3NO2-. The summed E-state index contributed by atoms with van der Waals surface area (Å²) in [5.74, 6) is -1.93. The number of nitrogens with two attached hydrogens (primary N) is 1. The molecule has 1 aromatic carbocycles. The van der Waals surface area contributed by atoms with Crippen molar-refractivity contribution in [3.8, 4) is 0 Å². The third-order valence-corrected chi connectivity index (χ3v) is 1.61. The van der Waals surface area contributed by atoms with E-state index in [2.05, 4.69) is 0 Å². The lowest BCUT2D eigenvalue weighted by Gasteiger charge is -2.14. The van der Waals surface area contributed by atoms with Crippen LogP contribution in [0.25, 0.3) is 0 Å². The molecule has 0 atom stereocenters. The van der Waals surface area contributed by atoms with Gasteiger partial charge in [-0.05, 0) is 12.1 Å². The van der Waals surface area contributed by atoms with Crippen LogP contribution in [0.15, 0.2) is 18.2 Å². The number of hydrogen-bond donors (Lipinski definition) is 1. The van der Waals surface area contributed by atoms with Gasteiger partial charge in [-0.2, -0.15) is 13.2 Å². The van der Waals surface area contributed by atoms with Crippen molar-refractivity contribution in [2.24, 2.45) is 0 Å². The predicted octanol–water partition coefficient (Wildman–Crippen LogP) is 0.651. The van der Waals surface area contributed by atoms with Crippen LogP contribution in [0.2, 0.25) is 0 Å². The van der Waals surface area contributed by atoms with Gasteiger partial charge < -0.3 is 15.6 Å². The second-order valence-corrected chi connectivity index (χ2v) is 2.56. The Morgan fingerprint density at radius 3 is 2.29 bits per heavy atom. The minimum Gasteiger partial charge on any atom is -0.545 e. The summed E-state index contributed by atoms with van der Waals surface area (Å²) in [6, 6.07) is 2.74. The molecule has 1 aromatic rings. The quantitative estimate of drug-likeness (QED) is 0.683. The van der Waals surface area contributed by atoms with Gasteiger partial charge in [0, 0.05) is 11.3 Å². The molecule has 0 heterocycles. The molecule has 2 N–H and O–H groups in total. The van der Waals surface area contributed by atoms with Crippen LogP contribution in [0.4, 0.5) is 18.9 Å². The van der Waals surface area contributed by atoms with Gasteiger partial charge in [0.05, 0.1) is 11.5 Å². The van der Waals surface area contributed by atoms with Crippen LogP contribution >= 0.6 is 0 Å². The molecule has 0 saturated carbocycles. The van der Waals surface area contributed by atoms with Gasteiger partial charge in [-0.3, -0.25) is 0 Å². The number of nitrogen functional groups attached to an aromatic ring is 1. The molecule has 6 heteroatoms. The lowest BCUT2D eigenvalue weighted by molar-refractivity contribution is -0.255. The zero-order valence-electron chi connectivity index (χ0n) is 6.76. The summed E-state index contributed by atoms with van der Waals surface area (Å²) in [6.07, 6.45) is -4.75. The number of alkyl halides is 3. The van der Waals surface area contributed by atoms with Gasteiger partial charge >= 0.3 is 6.18 Å². The standard InChI is InChI=1S/C8H6F3NO2/c9-8(10,11)4-2-1-3-5(12)6(4)7(13)14/h1-3H,12H2,(H,13,14)/p-1. The summed E-state index contributed by atoms with van der Waals surface area (Å²) in [5.41, 5.74) is 2.33. The minimum absolute atomic E-state index is 0.458. The highest BCUT2D eigenvalue weighted by molar-refractivity contribution is 5.94. The number of carbonyl (C=O) groups excluding carboxylic acids is 1. The fourth-order valence-corrected chi connectivity index (χ4v) is 1.03. The minimum atomic E-state index is -4.75. The van der Waals surface area contributed by atoms with Gasteiger partial charge in [-0.1, -0.05) is 6.07 Å². The van der Waals surface area contributed by atoms with Crippen LogP contribution < -0.4 is 10.8 Å². The van der Waals surface area contributed by atoms with E-state index < -0.39 is 29.0 Å². The molecule has 14 heavy (non-hydrogen) atoms. The lowest BCUT2D eigenvalue weighted by Crippen LogP contribution is -2.27. The summed E-state index contributed by atoms with van der Waals surface area (Å²) >= 11 is 0. The molecular weight excluding hydrogens is 199 g/mol. The number of benzene rings is 1. The van der Waals surface area contributed by atoms with Crippen LogP contribution in [0.1, 0.15) is 15.9 Å². The third kappa shape index (κ3) is 1.78.